The van der Waals surface area contributed by atoms with Crippen molar-refractivity contribution in [2.45, 2.75) is 64.3 Å². The summed E-state index contributed by atoms with van der Waals surface area (Å²) in [5, 5.41) is 0. The first-order valence-corrected chi connectivity index (χ1v) is 12.6. The van der Waals surface area contributed by atoms with E-state index in [2.05, 4.69) is 4.98 Å². The molecule has 0 aliphatic rings. The standard InChI is InChI=1S/C22H32N4O5S/c1-4-7-9-15-25(18-19(23)26(14-8-5-2)22(29)24-20(18)27)21(28)16-10-12-17(13-11-16)32(30,31)6-3/h10-13H,4-9,14-15,23H2,1-3H3,(H,24,27,29). The predicted octanol–water partition coefficient (Wildman–Crippen LogP) is 2.55. The highest BCUT2D eigenvalue weighted by Crippen LogP contribution is 2.22. The highest BCUT2D eigenvalue weighted by atomic mass is 32.2. The molecule has 0 saturated carbocycles. The number of nitrogen functional groups attached to an aromatic ring is 1. The lowest BCUT2D eigenvalue weighted by Crippen LogP contribution is -2.41. The highest BCUT2D eigenvalue weighted by molar-refractivity contribution is 7.91. The van der Waals surface area contributed by atoms with Gasteiger partial charge in [-0.25, -0.2) is 13.2 Å². The number of aromatic amines is 1. The van der Waals surface area contributed by atoms with E-state index in [9.17, 15) is 22.8 Å². The molecule has 3 N–H and O–H groups in total. The van der Waals surface area contributed by atoms with E-state index in [1.807, 2.05) is 13.8 Å². The first-order valence-electron chi connectivity index (χ1n) is 10.9. The van der Waals surface area contributed by atoms with E-state index in [4.69, 9.17) is 5.73 Å². The van der Waals surface area contributed by atoms with Crippen molar-refractivity contribution in [3.8, 4) is 0 Å². The Morgan fingerprint density at radius 3 is 2.22 bits per heavy atom. The number of hydrogen-bond donors (Lipinski definition) is 2. The number of sulfone groups is 1. The van der Waals surface area contributed by atoms with Crippen LogP contribution in [0, 0.1) is 0 Å². The smallest absolute Gasteiger partial charge is 0.330 e. The minimum absolute atomic E-state index is 0.0470. The molecular formula is C22H32N4O5S. The maximum atomic E-state index is 13.4. The van der Waals surface area contributed by atoms with Gasteiger partial charge in [-0.1, -0.05) is 40.0 Å². The van der Waals surface area contributed by atoms with Gasteiger partial charge in [0.2, 0.25) is 0 Å². The fraction of sp³-hybridized carbons (Fsp3) is 0.500. The second-order valence-corrected chi connectivity index (χ2v) is 9.87. The summed E-state index contributed by atoms with van der Waals surface area (Å²) in [7, 11) is -3.40. The normalized spacial score (nSPS) is 11.5. The van der Waals surface area contributed by atoms with E-state index in [-0.39, 0.29) is 34.3 Å². The zero-order chi connectivity index (χ0) is 23.9. The van der Waals surface area contributed by atoms with Crippen LogP contribution in [0.3, 0.4) is 0 Å². The fourth-order valence-corrected chi connectivity index (χ4v) is 4.22. The summed E-state index contributed by atoms with van der Waals surface area (Å²) in [5.41, 5.74) is 5.04. The Labute approximate surface area is 188 Å². The van der Waals surface area contributed by atoms with Crippen LogP contribution in [0.1, 0.15) is 63.2 Å². The van der Waals surface area contributed by atoms with Gasteiger partial charge in [-0.15, -0.1) is 0 Å². The van der Waals surface area contributed by atoms with Crippen LogP contribution in [-0.2, 0) is 16.4 Å². The first kappa shape index (κ1) is 25.4. The third-order valence-corrected chi connectivity index (χ3v) is 7.04. The molecule has 0 saturated heterocycles. The van der Waals surface area contributed by atoms with Gasteiger partial charge in [0.1, 0.15) is 5.82 Å². The average Bonchev–Trinajstić information content (AvgIpc) is 2.77. The van der Waals surface area contributed by atoms with Crippen molar-refractivity contribution in [1.82, 2.24) is 9.55 Å². The van der Waals surface area contributed by atoms with Crippen LogP contribution in [0.2, 0.25) is 0 Å². The third-order valence-electron chi connectivity index (χ3n) is 5.29. The molecule has 2 aromatic rings. The van der Waals surface area contributed by atoms with Gasteiger partial charge in [0, 0.05) is 18.7 Å². The number of amides is 1. The molecule has 1 aromatic heterocycles. The maximum absolute atomic E-state index is 13.4. The number of anilines is 2. The molecule has 1 amide bonds. The molecule has 9 nitrogen and oxygen atoms in total. The molecule has 10 heteroatoms. The number of carbonyl (C=O) groups is 1. The Morgan fingerprint density at radius 2 is 1.66 bits per heavy atom. The van der Waals surface area contributed by atoms with Crippen LogP contribution in [0.4, 0.5) is 11.5 Å². The summed E-state index contributed by atoms with van der Waals surface area (Å²) < 4.78 is 25.4. The van der Waals surface area contributed by atoms with Gasteiger partial charge in [0.15, 0.2) is 15.5 Å². The molecule has 0 fully saturated rings. The van der Waals surface area contributed by atoms with E-state index in [0.29, 0.717) is 19.4 Å². The fourth-order valence-electron chi connectivity index (χ4n) is 3.34. The zero-order valence-corrected chi connectivity index (χ0v) is 19.7. The minimum atomic E-state index is -3.40. The minimum Gasteiger partial charge on any atom is -0.383 e. The quantitative estimate of drug-likeness (QED) is 0.491. The Hall–Kier alpha value is -2.88. The number of nitrogens with two attached hydrogens (primary N) is 1. The molecule has 1 heterocycles. The van der Waals surface area contributed by atoms with Crippen molar-refractivity contribution in [2.24, 2.45) is 0 Å². The van der Waals surface area contributed by atoms with Crippen molar-refractivity contribution in [3.63, 3.8) is 0 Å². The molecule has 32 heavy (non-hydrogen) atoms. The Kier molecular flexibility index (Phi) is 8.82. The molecule has 0 aliphatic carbocycles. The van der Waals surface area contributed by atoms with Crippen LogP contribution >= 0.6 is 0 Å². The van der Waals surface area contributed by atoms with Gasteiger partial charge >= 0.3 is 5.69 Å². The molecule has 0 radical (unpaired) electrons. The molecular weight excluding hydrogens is 432 g/mol. The molecule has 0 aliphatic heterocycles. The molecule has 0 atom stereocenters. The zero-order valence-electron chi connectivity index (χ0n) is 18.9. The number of H-pyrrole nitrogens is 1. The van der Waals surface area contributed by atoms with E-state index in [0.717, 1.165) is 19.3 Å². The number of benzene rings is 1. The SMILES string of the molecule is CCCCCN(C(=O)c1ccc(S(=O)(=O)CC)cc1)c1c(N)n(CCCC)c(=O)[nH]c1=O. The van der Waals surface area contributed by atoms with Crippen LogP contribution in [0.15, 0.2) is 38.8 Å². The largest absolute Gasteiger partial charge is 0.383 e. The average molecular weight is 465 g/mol. The topological polar surface area (TPSA) is 135 Å². The van der Waals surface area contributed by atoms with Gasteiger partial charge < -0.3 is 10.6 Å². The lowest BCUT2D eigenvalue weighted by Gasteiger charge is -2.24. The monoisotopic (exact) mass is 464 g/mol. The van der Waals surface area contributed by atoms with Crippen LogP contribution in [0.25, 0.3) is 0 Å². The van der Waals surface area contributed by atoms with Crippen LogP contribution in [0.5, 0.6) is 0 Å². The lowest BCUT2D eigenvalue weighted by molar-refractivity contribution is 0.0986. The van der Waals surface area contributed by atoms with E-state index >= 15 is 0 Å². The molecule has 176 valence electrons. The number of nitrogens with zero attached hydrogens (tertiary/aromatic N) is 2. The number of rotatable bonds is 11. The molecule has 2 rings (SSSR count). The number of unbranched alkanes of at least 4 members (excludes halogenated alkanes) is 3. The Bertz CT molecular complexity index is 1150. The summed E-state index contributed by atoms with van der Waals surface area (Å²) >= 11 is 0. The number of carbonyl (C=O) groups excluding carboxylic acids is 1. The maximum Gasteiger partial charge on any atom is 0.330 e. The van der Waals surface area contributed by atoms with Gasteiger partial charge in [0.05, 0.1) is 10.6 Å². The number of nitrogens with one attached hydrogen (secondary N) is 1. The molecule has 1 aromatic carbocycles. The summed E-state index contributed by atoms with van der Waals surface area (Å²) in [6.07, 6.45) is 3.90. The summed E-state index contributed by atoms with van der Waals surface area (Å²) in [6.45, 7) is 6.10. The van der Waals surface area contributed by atoms with Gasteiger partial charge in [-0.05, 0) is 37.1 Å². The highest BCUT2D eigenvalue weighted by Gasteiger charge is 2.25. The van der Waals surface area contributed by atoms with Crippen molar-refractivity contribution in [2.75, 3.05) is 22.9 Å². The molecule has 0 spiro atoms. The second-order valence-electron chi connectivity index (χ2n) is 7.59. The summed E-state index contributed by atoms with van der Waals surface area (Å²) in [4.78, 5) is 42.0. The molecule has 0 bridgehead atoms. The van der Waals surface area contributed by atoms with Crippen molar-refractivity contribution in [1.29, 1.82) is 0 Å². The van der Waals surface area contributed by atoms with E-state index in [1.54, 1.807) is 6.92 Å². The van der Waals surface area contributed by atoms with Crippen molar-refractivity contribution >= 4 is 27.2 Å². The first-order chi connectivity index (χ1) is 15.2. The van der Waals surface area contributed by atoms with Gasteiger partial charge in [0.25, 0.3) is 11.5 Å². The van der Waals surface area contributed by atoms with Crippen LogP contribution in [-0.4, -0.2) is 36.2 Å². The summed E-state index contributed by atoms with van der Waals surface area (Å²) in [5.74, 6) is -0.587. The lowest BCUT2D eigenvalue weighted by atomic mass is 10.1. The van der Waals surface area contributed by atoms with Crippen molar-refractivity contribution < 1.29 is 13.2 Å². The predicted molar refractivity (Wildman–Crippen MR) is 126 cm³/mol. The molecule has 0 unspecified atom stereocenters. The Balaban J connectivity index is 2.54. The number of aromatic nitrogens is 2. The number of hydrogen-bond acceptors (Lipinski definition) is 6. The third kappa shape index (κ3) is 5.67. The summed E-state index contributed by atoms with van der Waals surface area (Å²) in [6, 6.07) is 5.61. The van der Waals surface area contributed by atoms with Gasteiger partial charge in [-0.3, -0.25) is 19.1 Å². The van der Waals surface area contributed by atoms with E-state index < -0.39 is 27.0 Å². The van der Waals surface area contributed by atoms with Crippen molar-refractivity contribution in [3.05, 3.63) is 50.7 Å². The van der Waals surface area contributed by atoms with Crippen LogP contribution < -0.4 is 21.9 Å². The second kappa shape index (κ2) is 11.1. The van der Waals surface area contributed by atoms with E-state index in [1.165, 1.54) is 33.7 Å². The Morgan fingerprint density at radius 1 is 1.03 bits per heavy atom. The van der Waals surface area contributed by atoms with Gasteiger partial charge in [-0.2, -0.15) is 0 Å².